The normalized spacial score (nSPS) is 17.3. The summed E-state index contributed by atoms with van der Waals surface area (Å²) in [6.07, 6.45) is 0. The summed E-state index contributed by atoms with van der Waals surface area (Å²) in [6.45, 7) is 1.31. The molecule has 0 unspecified atom stereocenters. The third kappa shape index (κ3) is 3.66. The summed E-state index contributed by atoms with van der Waals surface area (Å²) >= 11 is 5.85. The molecule has 0 aromatic heterocycles. The van der Waals surface area contributed by atoms with Gasteiger partial charge >= 0.3 is 0 Å². The van der Waals surface area contributed by atoms with Crippen molar-refractivity contribution in [2.75, 3.05) is 31.0 Å². The molecule has 1 aliphatic carbocycles. The van der Waals surface area contributed by atoms with E-state index in [4.69, 9.17) is 16.3 Å². The van der Waals surface area contributed by atoms with E-state index < -0.39 is 26.5 Å². The summed E-state index contributed by atoms with van der Waals surface area (Å²) in [5.74, 6) is -1.19. The Bertz CT molecular complexity index is 1120. The fourth-order valence-electron chi connectivity index (χ4n) is 3.39. The molecule has 2 aliphatic rings. The van der Waals surface area contributed by atoms with Crippen molar-refractivity contribution >= 4 is 38.9 Å². The van der Waals surface area contributed by atoms with E-state index in [9.17, 15) is 18.0 Å². The van der Waals surface area contributed by atoms with Crippen molar-refractivity contribution in [1.82, 2.24) is 4.90 Å². The van der Waals surface area contributed by atoms with Crippen molar-refractivity contribution < 1.29 is 22.7 Å². The van der Waals surface area contributed by atoms with Gasteiger partial charge in [-0.05, 0) is 24.3 Å². The summed E-state index contributed by atoms with van der Waals surface area (Å²) in [5, 5.41) is 0.444. The molecule has 2 aromatic rings. The zero-order chi connectivity index (χ0) is 20.6. The Balaban J connectivity index is 1.85. The van der Waals surface area contributed by atoms with E-state index in [1.165, 1.54) is 36.4 Å². The number of nitrogens with zero attached hydrogens (tertiary/aromatic N) is 1. The number of allylic oxidation sites excluding steroid dienone is 2. The minimum atomic E-state index is -4.34. The SMILES string of the molecule is O=C1C(N2CCOCC2)=C(S(=O)(=O)Nc2ccc(Cl)cc2)C(=O)c2ccccc21. The maximum Gasteiger partial charge on any atom is 0.268 e. The highest BCUT2D eigenvalue weighted by Crippen LogP contribution is 2.32. The van der Waals surface area contributed by atoms with Gasteiger partial charge < -0.3 is 9.64 Å². The number of nitrogens with one attached hydrogen (secondary N) is 1. The number of Topliss-reactive ketones (excluding diaryl/α,β-unsaturated/α-hetero) is 2. The average molecular weight is 433 g/mol. The first kappa shape index (κ1) is 19.6. The quantitative estimate of drug-likeness (QED) is 0.798. The van der Waals surface area contributed by atoms with Crippen molar-refractivity contribution in [2.45, 2.75) is 0 Å². The lowest BCUT2D eigenvalue weighted by Gasteiger charge is -2.33. The van der Waals surface area contributed by atoms with Crippen LogP contribution in [-0.2, 0) is 14.8 Å². The van der Waals surface area contributed by atoms with E-state index >= 15 is 0 Å². The number of fused-ring (bicyclic) bond motifs is 1. The maximum absolute atomic E-state index is 13.2. The van der Waals surface area contributed by atoms with Crippen LogP contribution in [0.2, 0.25) is 5.02 Å². The first-order chi connectivity index (χ1) is 13.9. The average Bonchev–Trinajstić information content (AvgIpc) is 2.72. The van der Waals surface area contributed by atoms with E-state index in [1.807, 2.05) is 0 Å². The number of hydrogen-bond acceptors (Lipinski definition) is 6. The Hall–Kier alpha value is -2.68. The second kappa shape index (κ2) is 7.62. The Morgan fingerprint density at radius 2 is 1.48 bits per heavy atom. The molecule has 29 heavy (non-hydrogen) atoms. The van der Waals surface area contributed by atoms with Gasteiger partial charge in [0.15, 0.2) is 4.91 Å². The number of carbonyl (C=O) groups is 2. The number of rotatable bonds is 4. The van der Waals surface area contributed by atoms with Gasteiger partial charge in [0.05, 0.1) is 13.2 Å². The molecule has 1 saturated heterocycles. The third-order valence-electron chi connectivity index (χ3n) is 4.75. The minimum Gasteiger partial charge on any atom is -0.378 e. The standard InChI is InChI=1S/C20H17ClN2O5S/c21-13-5-7-14(8-6-13)22-29(26,27)20-17(23-9-11-28-12-10-23)18(24)15-3-1-2-4-16(15)19(20)25/h1-8,22H,9-12H2. The van der Waals surface area contributed by atoms with Gasteiger partial charge in [0.1, 0.15) is 5.70 Å². The van der Waals surface area contributed by atoms with Crippen LogP contribution in [0.5, 0.6) is 0 Å². The van der Waals surface area contributed by atoms with E-state index in [-0.39, 0.29) is 22.5 Å². The zero-order valence-corrected chi connectivity index (χ0v) is 16.8. The number of benzene rings is 2. The van der Waals surface area contributed by atoms with Crippen LogP contribution in [0.4, 0.5) is 5.69 Å². The first-order valence-electron chi connectivity index (χ1n) is 8.92. The largest absolute Gasteiger partial charge is 0.378 e. The monoisotopic (exact) mass is 432 g/mol. The number of sulfonamides is 1. The van der Waals surface area contributed by atoms with Crippen LogP contribution in [-0.4, -0.2) is 51.2 Å². The topological polar surface area (TPSA) is 92.8 Å². The number of hydrogen-bond donors (Lipinski definition) is 1. The lowest BCUT2D eigenvalue weighted by atomic mass is 9.91. The van der Waals surface area contributed by atoms with Gasteiger partial charge in [0, 0.05) is 34.9 Å². The number of anilines is 1. The van der Waals surface area contributed by atoms with E-state index in [0.717, 1.165) is 0 Å². The summed E-state index contributed by atoms with van der Waals surface area (Å²) < 4.78 is 34.2. The van der Waals surface area contributed by atoms with Gasteiger partial charge in [0.2, 0.25) is 11.6 Å². The van der Waals surface area contributed by atoms with E-state index in [2.05, 4.69) is 4.72 Å². The molecule has 1 aliphatic heterocycles. The van der Waals surface area contributed by atoms with Gasteiger partial charge in [0.25, 0.3) is 10.0 Å². The van der Waals surface area contributed by atoms with Crippen LogP contribution in [0.3, 0.4) is 0 Å². The van der Waals surface area contributed by atoms with Gasteiger partial charge in [-0.1, -0.05) is 35.9 Å². The Kier molecular flexibility index (Phi) is 5.16. The van der Waals surface area contributed by atoms with Crippen LogP contribution >= 0.6 is 11.6 Å². The second-order valence-corrected chi connectivity index (χ2v) is 8.65. The molecule has 7 nitrogen and oxygen atoms in total. The fourth-order valence-corrected chi connectivity index (χ4v) is 4.89. The molecule has 0 saturated carbocycles. The van der Waals surface area contributed by atoms with Crippen LogP contribution in [0, 0.1) is 0 Å². The summed E-state index contributed by atoms with van der Waals surface area (Å²) in [5.41, 5.74) is 0.399. The molecule has 1 heterocycles. The van der Waals surface area contributed by atoms with Crippen LogP contribution < -0.4 is 4.72 Å². The van der Waals surface area contributed by atoms with Gasteiger partial charge in [-0.15, -0.1) is 0 Å². The van der Waals surface area contributed by atoms with E-state index in [1.54, 1.807) is 17.0 Å². The molecule has 1 fully saturated rings. The predicted octanol–water partition coefficient (Wildman–Crippen LogP) is 2.70. The molecule has 150 valence electrons. The molecule has 9 heteroatoms. The summed E-state index contributed by atoms with van der Waals surface area (Å²) in [7, 11) is -4.34. The van der Waals surface area contributed by atoms with E-state index in [0.29, 0.717) is 31.3 Å². The van der Waals surface area contributed by atoms with Crippen molar-refractivity contribution in [3.05, 3.63) is 75.3 Å². The highest BCUT2D eigenvalue weighted by Gasteiger charge is 2.41. The molecule has 2 aromatic carbocycles. The second-order valence-electron chi connectivity index (χ2n) is 6.59. The van der Waals surface area contributed by atoms with Crippen LogP contribution in [0.15, 0.2) is 59.1 Å². The summed E-state index contributed by atoms with van der Waals surface area (Å²) in [4.78, 5) is 27.5. The minimum absolute atomic E-state index is 0.0750. The smallest absolute Gasteiger partial charge is 0.268 e. The highest BCUT2D eigenvalue weighted by atomic mass is 35.5. The number of carbonyl (C=O) groups excluding carboxylic acids is 2. The number of ketones is 2. The molecule has 0 atom stereocenters. The van der Waals surface area contributed by atoms with Crippen molar-refractivity contribution in [2.24, 2.45) is 0 Å². The number of halogens is 1. The Morgan fingerprint density at radius 1 is 0.897 bits per heavy atom. The Labute approximate surface area is 173 Å². The fraction of sp³-hybridized carbons (Fsp3) is 0.200. The van der Waals surface area contributed by atoms with Crippen LogP contribution in [0.1, 0.15) is 20.7 Å². The van der Waals surface area contributed by atoms with Gasteiger partial charge in [-0.2, -0.15) is 0 Å². The molecule has 1 N–H and O–H groups in total. The Morgan fingerprint density at radius 3 is 2.10 bits per heavy atom. The van der Waals surface area contributed by atoms with Crippen molar-refractivity contribution in [3.8, 4) is 0 Å². The van der Waals surface area contributed by atoms with Crippen molar-refractivity contribution in [3.63, 3.8) is 0 Å². The first-order valence-corrected chi connectivity index (χ1v) is 10.8. The van der Waals surface area contributed by atoms with Gasteiger partial charge in [-0.25, -0.2) is 8.42 Å². The molecule has 0 spiro atoms. The summed E-state index contributed by atoms with van der Waals surface area (Å²) in [6, 6.07) is 12.3. The predicted molar refractivity (Wildman–Crippen MR) is 109 cm³/mol. The lowest BCUT2D eigenvalue weighted by molar-refractivity contribution is 0.0499. The molecular formula is C20H17ClN2O5S. The highest BCUT2D eigenvalue weighted by molar-refractivity contribution is 7.97. The molecule has 0 radical (unpaired) electrons. The number of morpholine rings is 1. The number of ether oxygens (including phenoxy) is 1. The maximum atomic E-state index is 13.2. The molecule has 0 amide bonds. The molecule has 0 bridgehead atoms. The van der Waals surface area contributed by atoms with Gasteiger partial charge in [-0.3, -0.25) is 14.3 Å². The third-order valence-corrected chi connectivity index (χ3v) is 6.42. The van der Waals surface area contributed by atoms with Crippen LogP contribution in [0.25, 0.3) is 0 Å². The molecule has 4 rings (SSSR count). The molecular weight excluding hydrogens is 416 g/mol. The van der Waals surface area contributed by atoms with Crippen molar-refractivity contribution in [1.29, 1.82) is 0 Å². The zero-order valence-electron chi connectivity index (χ0n) is 15.2. The lowest BCUT2D eigenvalue weighted by Crippen LogP contribution is -2.43.